The molecular formula is C12H13NOS. The molecule has 0 saturated heterocycles. The second-order valence-electron chi connectivity index (χ2n) is 3.42. The number of aromatic nitrogens is 1. The lowest BCUT2D eigenvalue weighted by molar-refractivity contribution is 0.475. The van der Waals surface area contributed by atoms with E-state index in [1.807, 2.05) is 12.1 Å². The average Bonchev–Trinajstić information content (AvgIpc) is 2.61. The van der Waals surface area contributed by atoms with Gasteiger partial charge >= 0.3 is 0 Å². The highest BCUT2D eigenvalue weighted by Crippen LogP contribution is 2.28. The van der Waals surface area contributed by atoms with Crippen molar-refractivity contribution in [1.82, 2.24) is 4.98 Å². The highest BCUT2D eigenvalue weighted by Gasteiger charge is 2.07. The molecule has 1 N–H and O–H groups in total. The van der Waals surface area contributed by atoms with Crippen molar-refractivity contribution < 1.29 is 5.11 Å². The van der Waals surface area contributed by atoms with Gasteiger partial charge in [-0.3, -0.25) is 0 Å². The minimum absolute atomic E-state index is 0.294. The maximum absolute atomic E-state index is 9.19. The van der Waals surface area contributed by atoms with Gasteiger partial charge in [-0.1, -0.05) is 6.92 Å². The second kappa shape index (κ2) is 4.03. The summed E-state index contributed by atoms with van der Waals surface area (Å²) in [6.07, 6.45) is 0.973. The Bertz CT molecular complexity index is 459. The number of aryl methyl sites for hydroxylation is 2. The molecule has 0 spiro atoms. The van der Waals surface area contributed by atoms with Crippen LogP contribution < -0.4 is 0 Å². The fourth-order valence-corrected chi connectivity index (χ4v) is 2.49. The van der Waals surface area contributed by atoms with Crippen molar-refractivity contribution in [2.75, 3.05) is 0 Å². The number of hydrogen-bond donors (Lipinski definition) is 1. The fraction of sp³-hybridized carbons (Fsp3) is 0.250. The number of thiazole rings is 1. The zero-order valence-corrected chi connectivity index (χ0v) is 9.64. The Morgan fingerprint density at radius 2 is 1.93 bits per heavy atom. The van der Waals surface area contributed by atoms with Gasteiger partial charge in [0, 0.05) is 10.4 Å². The largest absolute Gasteiger partial charge is 0.508 e. The monoisotopic (exact) mass is 219 g/mol. The lowest BCUT2D eigenvalue weighted by Crippen LogP contribution is -1.82. The summed E-state index contributed by atoms with van der Waals surface area (Å²) in [5.41, 5.74) is 2.24. The molecule has 0 aliphatic heterocycles. The van der Waals surface area contributed by atoms with Crippen LogP contribution in [-0.2, 0) is 6.42 Å². The van der Waals surface area contributed by atoms with E-state index in [0.717, 1.165) is 17.0 Å². The third-order valence-electron chi connectivity index (χ3n) is 2.34. The van der Waals surface area contributed by atoms with Crippen LogP contribution in [0.3, 0.4) is 0 Å². The molecule has 0 aliphatic rings. The van der Waals surface area contributed by atoms with Crippen LogP contribution in [0.2, 0.25) is 0 Å². The lowest BCUT2D eigenvalue weighted by Gasteiger charge is -1.95. The van der Waals surface area contributed by atoms with Gasteiger partial charge in [-0.05, 0) is 37.6 Å². The molecule has 15 heavy (non-hydrogen) atoms. The number of phenols is 1. The molecule has 0 bridgehead atoms. The van der Waals surface area contributed by atoms with E-state index in [1.165, 1.54) is 10.6 Å². The number of rotatable bonds is 2. The summed E-state index contributed by atoms with van der Waals surface area (Å²) in [5.74, 6) is 0.294. The highest BCUT2D eigenvalue weighted by atomic mass is 32.1. The molecule has 0 aliphatic carbocycles. The van der Waals surface area contributed by atoms with E-state index in [4.69, 9.17) is 0 Å². The molecule has 0 saturated carbocycles. The predicted octanol–water partition coefficient (Wildman–Crippen LogP) is 3.39. The van der Waals surface area contributed by atoms with Crippen molar-refractivity contribution in [3.63, 3.8) is 0 Å². The first-order valence-corrected chi connectivity index (χ1v) is 5.78. The Morgan fingerprint density at radius 3 is 2.47 bits per heavy atom. The van der Waals surface area contributed by atoms with Gasteiger partial charge < -0.3 is 5.11 Å². The van der Waals surface area contributed by atoms with Crippen LogP contribution in [0.25, 0.3) is 10.6 Å². The van der Waals surface area contributed by atoms with Crippen molar-refractivity contribution in [2.24, 2.45) is 0 Å². The van der Waals surface area contributed by atoms with Gasteiger partial charge in [0.25, 0.3) is 0 Å². The molecule has 1 aromatic carbocycles. The van der Waals surface area contributed by atoms with Gasteiger partial charge in [0.05, 0.1) is 5.69 Å². The van der Waals surface area contributed by atoms with Crippen LogP contribution in [0.15, 0.2) is 24.3 Å². The van der Waals surface area contributed by atoms with E-state index in [9.17, 15) is 5.11 Å². The lowest BCUT2D eigenvalue weighted by atomic mass is 10.2. The summed E-state index contributed by atoms with van der Waals surface area (Å²) in [6, 6.07) is 7.18. The standard InChI is InChI=1S/C12H13NOS/c1-3-11-8(2)15-12(13-11)9-4-6-10(14)7-5-9/h4-7,14H,3H2,1-2H3. The van der Waals surface area contributed by atoms with E-state index in [2.05, 4.69) is 18.8 Å². The minimum Gasteiger partial charge on any atom is -0.508 e. The molecule has 0 amide bonds. The van der Waals surface area contributed by atoms with Gasteiger partial charge in [-0.15, -0.1) is 11.3 Å². The summed E-state index contributed by atoms with van der Waals surface area (Å²) in [4.78, 5) is 5.84. The molecule has 78 valence electrons. The molecule has 0 unspecified atom stereocenters. The maximum Gasteiger partial charge on any atom is 0.123 e. The first kappa shape index (κ1) is 10.2. The average molecular weight is 219 g/mol. The second-order valence-corrected chi connectivity index (χ2v) is 4.63. The Kier molecular flexibility index (Phi) is 2.73. The summed E-state index contributed by atoms with van der Waals surface area (Å²) >= 11 is 1.71. The number of nitrogens with zero attached hydrogens (tertiary/aromatic N) is 1. The Balaban J connectivity index is 2.41. The van der Waals surface area contributed by atoms with Crippen LogP contribution in [0.1, 0.15) is 17.5 Å². The fourth-order valence-electron chi connectivity index (χ4n) is 1.48. The number of aromatic hydroxyl groups is 1. The minimum atomic E-state index is 0.294. The molecule has 2 nitrogen and oxygen atoms in total. The first-order valence-electron chi connectivity index (χ1n) is 4.96. The van der Waals surface area contributed by atoms with Gasteiger partial charge in [-0.2, -0.15) is 0 Å². The smallest absolute Gasteiger partial charge is 0.123 e. The van der Waals surface area contributed by atoms with Crippen molar-refractivity contribution >= 4 is 11.3 Å². The third-order valence-corrected chi connectivity index (χ3v) is 3.40. The van der Waals surface area contributed by atoms with Gasteiger partial charge in [0.2, 0.25) is 0 Å². The van der Waals surface area contributed by atoms with Crippen molar-refractivity contribution in [3.8, 4) is 16.3 Å². The molecule has 1 aromatic heterocycles. The van der Waals surface area contributed by atoms with E-state index >= 15 is 0 Å². The van der Waals surface area contributed by atoms with Crippen LogP contribution in [0.4, 0.5) is 0 Å². The van der Waals surface area contributed by atoms with E-state index in [1.54, 1.807) is 23.5 Å². The van der Waals surface area contributed by atoms with Gasteiger partial charge in [0.15, 0.2) is 0 Å². The topological polar surface area (TPSA) is 33.1 Å². The van der Waals surface area contributed by atoms with Gasteiger partial charge in [-0.25, -0.2) is 4.98 Å². The summed E-state index contributed by atoms with van der Waals surface area (Å²) in [6.45, 7) is 4.21. The van der Waals surface area contributed by atoms with Crippen molar-refractivity contribution in [3.05, 3.63) is 34.8 Å². The molecular weight excluding hydrogens is 206 g/mol. The van der Waals surface area contributed by atoms with Crippen LogP contribution in [0, 0.1) is 6.92 Å². The summed E-state index contributed by atoms with van der Waals surface area (Å²) in [5, 5.41) is 10.2. The van der Waals surface area contributed by atoms with Gasteiger partial charge in [0.1, 0.15) is 10.8 Å². The summed E-state index contributed by atoms with van der Waals surface area (Å²) in [7, 11) is 0. The predicted molar refractivity (Wildman–Crippen MR) is 63.3 cm³/mol. The zero-order chi connectivity index (χ0) is 10.8. The Hall–Kier alpha value is -1.35. The highest BCUT2D eigenvalue weighted by molar-refractivity contribution is 7.15. The van der Waals surface area contributed by atoms with E-state index in [0.29, 0.717) is 5.75 Å². The van der Waals surface area contributed by atoms with Crippen molar-refractivity contribution in [2.45, 2.75) is 20.3 Å². The summed E-state index contributed by atoms with van der Waals surface area (Å²) < 4.78 is 0. The molecule has 2 rings (SSSR count). The first-order chi connectivity index (χ1) is 7.20. The SMILES string of the molecule is CCc1nc(-c2ccc(O)cc2)sc1C. The number of hydrogen-bond acceptors (Lipinski definition) is 3. The number of benzene rings is 1. The molecule has 0 radical (unpaired) electrons. The van der Waals surface area contributed by atoms with Crippen LogP contribution in [0.5, 0.6) is 5.75 Å². The quantitative estimate of drug-likeness (QED) is 0.839. The van der Waals surface area contributed by atoms with E-state index < -0.39 is 0 Å². The molecule has 0 fully saturated rings. The molecule has 3 heteroatoms. The van der Waals surface area contributed by atoms with Crippen LogP contribution >= 0.6 is 11.3 Å². The normalized spacial score (nSPS) is 10.5. The number of phenolic OH excluding ortho intramolecular Hbond substituents is 1. The maximum atomic E-state index is 9.19. The van der Waals surface area contributed by atoms with Crippen LogP contribution in [-0.4, -0.2) is 10.1 Å². The molecule has 1 heterocycles. The third kappa shape index (κ3) is 2.02. The zero-order valence-electron chi connectivity index (χ0n) is 8.82. The Labute approximate surface area is 93.2 Å². The molecule has 2 aromatic rings. The van der Waals surface area contributed by atoms with Crippen molar-refractivity contribution in [1.29, 1.82) is 0 Å². The van der Waals surface area contributed by atoms with E-state index in [-0.39, 0.29) is 0 Å². The Morgan fingerprint density at radius 1 is 1.27 bits per heavy atom. The molecule has 0 atom stereocenters.